The molecule has 0 spiro atoms. The zero-order chi connectivity index (χ0) is 20.1. The predicted molar refractivity (Wildman–Crippen MR) is 110 cm³/mol. The van der Waals surface area contributed by atoms with E-state index in [1.807, 2.05) is 37.3 Å². The molecule has 0 bridgehead atoms. The van der Waals surface area contributed by atoms with Crippen LogP contribution in [0.1, 0.15) is 25.8 Å². The Morgan fingerprint density at radius 1 is 0.929 bits per heavy atom. The lowest BCUT2D eigenvalue weighted by molar-refractivity contribution is -0.132. The van der Waals surface area contributed by atoms with Crippen LogP contribution in [0.4, 0.5) is 0 Å². The summed E-state index contributed by atoms with van der Waals surface area (Å²) in [5.74, 6) is -0.140. The van der Waals surface area contributed by atoms with Crippen LogP contribution in [0.3, 0.4) is 0 Å². The second kappa shape index (κ2) is 8.69. The SMILES string of the molecule is CCCN(Cc1ccccc1)C(=O)Cn1c(=O)n(CC)c(=O)c2ccccc21. The molecule has 1 amide bonds. The van der Waals surface area contributed by atoms with Crippen LogP contribution in [-0.2, 0) is 24.4 Å². The summed E-state index contributed by atoms with van der Waals surface area (Å²) in [6.07, 6.45) is 0.822. The molecule has 1 aromatic heterocycles. The van der Waals surface area contributed by atoms with Crippen molar-refractivity contribution in [2.75, 3.05) is 6.54 Å². The van der Waals surface area contributed by atoms with Crippen LogP contribution in [0.25, 0.3) is 10.9 Å². The molecule has 0 unspecified atom stereocenters. The third kappa shape index (κ3) is 3.91. The van der Waals surface area contributed by atoms with Gasteiger partial charge in [-0.3, -0.25) is 18.7 Å². The number of carbonyl (C=O) groups is 1. The van der Waals surface area contributed by atoms with Crippen LogP contribution in [0.2, 0.25) is 0 Å². The third-order valence-corrected chi connectivity index (χ3v) is 4.80. The first-order valence-electron chi connectivity index (χ1n) is 9.60. The number of fused-ring (bicyclic) bond motifs is 1. The van der Waals surface area contributed by atoms with Gasteiger partial charge in [0.1, 0.15) is 6.54 Å². The molecule has 0 N–H and O–H groups in total. The van der Waals surface area contributed by atoms with Crippen LogP contribution in [0.5, 0.6) is 0 Å². The topological polar surface area (TPSA) is 64.3 Å². The van der Waals surface area contributed by atoms with Crippen LogP contribution in [-0.4, -0.2) is 26.5 Å². The summed E-state index contributed by atoms with van der Waals surface area (Å²) < 4.78 is 2.59. The fourth-order valence-corrected chi connectivity index (χ4v) is 3.40. The van der Waals surface area contributed by atoms with Gasteiger partial charge < -0.3 is 4.90 Å². The highest BCUT2D eigenvalue weighted by atomic mass is 16.2. The quantitative estimate of drug-likeness (QED) is 0.634. The smallest absolute Gasteiger partial charge is 0.331 e. The molecule has 28 heavy (non-hydrogen) atoms. The van der Waals surface area contributed by atoms with E-state index < -0.39 is 5.69 Å². The minimum atomic E-state index is -0.448. The average molecular weight is 379 g/mol. The average Bonchev–Trinajstić information content (AvgIpc) is 2.72. The van der Waals surface area contributed by atoms with Crippen molar-refractivity contribution in [3.8, 4) is 0 Å². The largest absolute Gasteiger partial charge is 0.337 e. The van der Waals surface area contributed by atoms with Gasteiger partial charge >= 0.3 is 5.69 Å². The Labute approximate surface area is 163 Å². The summed E-state index contributed by atoms with van der Waals surface area (Å²) in [5.41, 5.74) is 0.768. The first-order valence-corrected chi connectivity index (χ1v) is 9.60. The summed E-state index contributed by atoms with van der Waals surface area (Å²) in [6, 6.07) is 16.7. The minimum Gasteiger partial charge on any atom is -0.337 e. The Bertz CT molecular complexity index is 1080. The monoisotopic (exact) mass is 379 g/mol. The van der Waals surface area contributed by atoms with E-state index in [4.69, 9.17) is 0 Å². The Kier molecular flexibility index (Phi) is 6.09. The number of rotatable bonds is 7. The number of hydrogen-bond acceptors (Lipinski definition) is 3. The Hall–Kier alpha value is -3.15. The highest BCUT2D eigenvalue weighted by Crippen LogP contribution is 2.10. The number of nitrogens with zero attached hydrogens (tertiary/aromatic N) is 3. The van der Waals surface area contributed by atoms with E-state index in [1.165, 1.54) is 9.13 Å². The van der Waals surface area contributed by atoms with Crippen molar-refractivity contribution in [2.45, 2.75) is 39.9 Å². The highest BCUT2D eigenvalue weighted by Gasteiger charge is 2.18. The number of para-hydroxylation sites is 1. The van der Waals surface area contributed by atoms with Gasteiger partial charge in [0, 0.05) is 19.6 Å². The summed E-state index contributed by atoms with van der Waals surface area (Å²) in [6.45, 7) is 5.04. The van der Waals surface area contributed by atoms with E-state index in [-0.39, 0.29) is 24.6 Å². The first kappa shape index (κ1) is 19.6. The van der Waals surface area contributed by atoms with Crippen molar-refractivity contribution in [1.82, 2.24) is 14.0 Å². The van der Waals surface area contributed by atoms with Gasteiger partial charge in [0.05, 0.1) is 10.9 Å². The van der Waals surface area contributed by atoms with E-state index in [2.05, 4.69) is 0 Å². The van der Waals surface area contributed by atoms with Crippen molar-refractivity contribution in [3.05, 3.63) is 81.0 Å². The maximum absolute atomic E-state index is 13.1. The molecule has 0 saturated heterocycles. The van der Waals surface area contributed by atoms with Gasteiger partial charge in [-0.2, -0.15) is 0 Å². The van der Waals surface area contributed by atoms with Crippen LogP contribution >= 0.6 is 0 Å². The van der Waals surface area contributed by atoms with E-state index in [9.17, 15) is 14.4 Å². The number of carbonyl (C=O) groups excluding carboxylic acids is 1. The van der Waals surface area contributed by atoms with E-state index in [0.717, 1.165) is 12.0 Å². The van der Waals surface area contributed by atoms with Gasteiger partial charge in [-0.15, -0.1) is 0 Å². The Morgan fingerprint density at radius 2 is 1.61 bits per heavy atom. The summed E-state index contributed by atoms with van der Waals surface area (Å²) >= 11 is 0. The lowest BCUT2D eigenvalue weighted by atomic mass is 10.2. The summed E-state index contributed by atoms with van der Waals surface area (Å²) in [7, 11) is 0. The first-order chi connectivity index (χ1) is 13.6. The molecule has 1 heterocycles. The van der Waals surface area contributed by atoms with E-state index in [0.29, 0.717) is 24.0 Å². The van der Waals surface area contributed by atoms with Gasteiger partial charge in [-0.05, 0) is 31.0 Å². The molecular weight excluding hydrogens is 354 g/mol. The van der Waals surface area contributed by atoms with Gasteiger partial charge in [-0.25, -0.2) is 4.79 Å². The molecule has 0 aliphatic heterocycles. The molecule has 0 fully saturated rings. The Balaban J connectivity index is 1.99. The normalized spacial score (nSPS) is 10.9. The molecular formula is C22H25N3O3. The molecule has 2 aromatic carbocycles. The standard InChI is InChI=1S/C22H25N3O3/c1-3-14-23(15-17-10-6-5-7-11-17)20(26)16-25-19-13-9-8-12-18(19)21(27)24(4-2)22(25)28/h5-13H,3-4,14-16H2,1-2H3. The fourth-order valence-electron chi connectivity index (χ4n) is 3.40. The summed E-state index contributed by atoms with van der Waals surface area (Å²) in [5, 5.41) is 0.446. The lowest BCUT2D eigenvalue weighted by Gasteiger charge is -2.23. The second-order valence-electron chi connectivity index (χ2n) is 6.74. The molecule has 3 rings (SSSR count). The number of hydrogen-bond donors (Lipinski definition) is 0. The highest BCUT2D eigenvalue weighted by molar-refractivity contribution is 5.81. The zero-order valence-corrected chi connectivity index (χ0v) is 16.3. The van der Waals surface area contributed by atoms with Crippen LogP contribution in [0.15, 0.2) is 64.2 Å². The summed E-state index contributed by atoms with van der Waals surface area (Å²) in [4.78, 5) is 40.2. The molecule has 6 nitrogen and oxygen atoms in total. The molecule has 3 aromatic rings. The van der Waals surface area contributed by atoms with Crippen molar-refractivity contribution in [2.24, 2.45) is 0 Å². The number of amides is 1. The third-order valence-electron chi connectivity index (χ3n) is 4.80. The molecule has 146 valence electrons. The zero-order valence-electron chi connectivity index (χ0n) is 16.3. The van der Waals surface area contributed by atoms with Crippen LogP contribution in [0, 0.1) is 0 Å². The van der Waals surface area contributed by atoms with Crippen molar-refractivity contribution in [1.29, 1.82) is 0 Å². The Morgan fingerprint density at radius 3 is 2.29 bits per heavy atom. The van der Waals surface area contributed by atoms with Crippen molar-refractivity contribution in [3.63, 3.8) is 0 Å². The van der Waals surface area contributed by atoms with Crippen LogP contribution < -0.4 is 11.2 Å². The number of benzene rings is 2. The van der Waals surface area contributed by atoms with Crippen molar-refractivity contribution < 1.29 is 4.79 Å². The molecule has 0 radical (unpaired) electrons. The fraction of sp³-hybridized carbons (Fsp3) is 0.318. The second-order valence-corrected chi connectivity index (χ2v) is 6.74. The molecule has 0 saturated carbocycles. The minimum absolute atomic E-state index is 0.0908. The maximum Gasteiger partial charge on any atom is 0.331 e. The maximum atomic E-state index is 13.1. The molecule has 0 aliphatic rings. The van der Waals surface area contributed by atoms with Gasteiger partial charge in [0.2, 0.25) is 5.91 Å². The molecule has 0 aliphatic carbocycles. The van der Waals surface area contributed by atoms with Gasteiger partial charge in [0.15, 0.2) is 0 Å². The molecule has 0 atom stereocenters. The van der Waals surface area contributed by atoms with Crippen molar-refractivity contribution >= 4 is 16.8 Å². The number of aromatic nitrogens is 2. The molecule has 6 heteroatoms. The van der Waals surface area contributed by atoms with E-state index >= 15 is 0 Å². The lowest BCUT2D eigenvalue weighted by Crippen LogP contribution is -2.43. The predicted octanol–water partition coefficient (Wildman–Crippen LogP) is 2.62. The van der Waals surface area contributed by atoms with Gasteiger partial charge in [-0.1, -0.05) is 49.4 Å². The van der Waals surface area contributed by atoms with E-state index in [1.54, 1.807) is 36.1 Å². The van der Waals surface area contributed by atoms with Gasteiger partial charge in [0.25, 0.3) is 5.56 Å².